The number of aromatic nitrogens is 3. The van der Waals surface area contributed by atoms with E-state index in [2.05, 4.69) is 22.0 Å². The molecule has 0 aliphatic carbocycles. The molecule has 1 unspecified atom stereocenters. The molecule has 2 heterocycles. The van der Waals surface area contributed by atoms with E-state index in [1.54, 1.807) is 32.9 Å². The van der Waals surface area contributed by atoms with Crippen molar-refractivity contribution in [2.45, 2.75) is 51.7 Å². The highest BCUT2D eigenvalue weighted by Crippen LogP contribution is 2.32. The molecule has 0 aromatic carbocycles. The van der Waals surface area contributed by atoms with E-state index in [1.807, 2.05) is 0 Å². The largest absolute Gasteiger partial charge is 0.444 e. The molecule has 3 N–H and O–H groups in total. The molecule has 11 nitrogen and oxygen atoms in total. The standard InChI is InChI=1S/C19H25N5O6/c1-6-7-13(22-17(25)30-18(2,3)4)12-8-9-20-14(10-12)16-15(24(28)29)11-21-23(16)19(5,26)27/h6,8-11,13,26-27H,1,7H2,2-5H3,(H,22,25). The third-order valence-electron chi connectivity index (χ3n) is 3.87. The zero-order chi connectivity index (χ0) is 22.7. The molecular formula is C19H25N5O6. The molecule has 30 heavy (non-hydrogen) atoms. The molecule has 0 aliphatic heterocycles. The summed E-state index contributed by atoms with van der Waals surface area (Å²) in [6.45, 7) is 9.91. The molecule has 0 fully saturated rings. The average molecular weight is 419 g/mol. The molecule has 1 atom stereocenters. The van der Waals surface area contributed by atoms with Crippen molar-refractivity contribution >= 4 is 11.8 Å². The SMILES string of the molecule is C=CCC(NC(=O)OC(C)(C)C)c1ccnc(-c2c([N+](=O)[O-])cnn2C(C)(O)O)c1. The molecule has 0 saturated heterocycles. The van der Waals surface area contributed by atoms with Crippen LogP contribution in [-0.4, -0.2) is 41.6 Å². The Kier molecular flexibility index (Phi) is 6.58. The predicted molar refractivity (Wildman–Crippen MR) is 107 cm³/mol. The minimum absolute atomic E-state index is 0.0751. The second-order valence-electron chi connectivity index (χ2n) is 7.72. The quantitative estimate of drug-likeness (QED) is 0.268. The second-order valence-corrected chi connectivity index (χ2v) is 7.72. The lowest BCUT2D eigenvalue weighted by Gasteiger charge is -2.23. The Morgan fingerprint density at radius 3 is 2.63 bits per heavy atom. The van der Waals surface area contributed by atoms with Gasteiger partial charge in [-0.3, -0.25) is 15.1 Å². The first-order chi connectivity index (χ1) is 13.8. The third-order valence-corrected chi connectivity index (χ3v) is 3.87. The van der Waals surface area contributed by atoms with Crippen LogP contribution < -0.4 is 5.32 Å². The van der Waals surface area contributed by atoms with Gasteiger partial charge in [-0.2, -0.15) is 5.10 Å². The lowest BCUT2D eigenvalue weighted by atomic mass is 10.0. The van der Waals surface area contributed by atoms with Crippen LogP contribution in [0.1, 0.15) is 45.7 Å². The van der Waals surface area contributed by atoms with Gasteiger partial charge in [-0.05, 0) is 44.9 Å². The summed E-state index contributed by atoms with van der Waals surface area (Å²) in [5.74, 6) is -2.49. The fourth-order valence-corrected chi connectivity index (χ4v) is 2.72. The number of hydrogen-bond acceptors (Lipinski definition) is 8. The van der Waals surface area contributed by atoms with Crippen LogP contribution >= 0.6 is 0 Å². The maximum atomic E-state index is 12.2. The number of rotatable bonds is 7. The van der Waals surface area contributed by atoms with Crippen molar-refractivity contribution in [3.63, 3.8) is 0 Å². The molecule has 2 aromatic rings. The van der Waals surface area contributed by atoms with Crippen molar-refractivity contribution in [1.29, 1.82) is 0 Å². The zero-order valence-electron chi connectivity index (χ0n) is 17.2. The first-order valence-electron chi connectivity index (χ1n) is 9.08. The summed E-state index contributed by atoms with van der Waals surface area (Å²) in [5.41, 5.74) is -0.693. The summed E-state index contributed by atoms with van der Waals surface area (Å²) in [6.07, 6.45) is 3.62. The fraction of sp³-hybridized carbons (Fsp3) is 0.421. The van der Waals surface area contributed by atoms with E-state index in [4.69, 9.17) is 4.74 Å². The summed E-state index contributed by atoms with van der Waals surface area (Å²) in [4.78, 5) is 27.0. The van der Waals surface area contributed by atoms with E-state index in [9.17, 15) is 25.1 Å². The van der Waals surface area contributed by atoms with Gasteiger partial charge in [0.15, 0.2) is 5.69 Å². The molecule has 11 heteroatoms. The molecule has 1 amide bonds. The van der Waals surface area contributed by atoms with Gasteiger partial charge in [0.1, 0.15) is 11.8 Å². The smallest absolute Gasteiger partial charge is 0.408 e. The normalized spacial score (nSPS) is 12.9. The summed E-state index contributed by atoms with van der Waals surface area (Å²) < 4.78 is 5.98. The summed E-state index contributed by atoms with van der Waals surface area (Å²) >= 11 is 0. The van der Waals surface area contributed by atoms with E-state index in [0.717, 1.165) is 13.1 Å². The molecule has 0 spiro atoms. The molecule has 162 valence electrons. The fourth-order valence-electron chi connectivity index (χ4n) is 2.72. The van der Waals surface area contributed by atoms with Gasteiger partial charge in [-0.15, -0.1) is 6.58 Å². The van der Waals surface area contributed by atoms with Crippen molar-refractivity contribution in [1.82, 2.24) is 20.1 Å². The van der Waals surface area contributed by atoms with Crippen molar-refractivity contribution in [2.24, 2.45) is 0 Å². The molecular weight excluding hydrogens is 394 g/mol. The van der Waals surface area contributed by atoms with Crippen molar-refractivity contribution in [3.05, 3.63) is 52.9 Å². The van der Waals surface area contributed by atoms with Gasteiger partial charge in [0.05, 0.1) is 16.7 Å². The average Bonchev–Trinajstić information content (AvgIpc) is 3.05. The first-order valence-corrected chi connectivity index (χ1v) is 9.08. The second kappa shape index (κ2) is 8.59. The Morgan fingerprint density at radius 2 is 2.10 bits per heavy atom. The predicted octanol–water partition coefficient (Wildman–Crippen LogP) is 2.61. The molecule has 2 rings (SSSR count). The molecule has 0 saturated carbocycles. The van der Waals surface area contributed by atoms with E-state index < -0.39 is 34.3 Å². The molecule has 2 aromatic heterocycles. The van der Waals surface area contributed by atoms with E-state index in [-0.39, 0.29) is 11.4 Å². The molecule has 0 bridgehead atoms. The Labute approximate surface area is 173 Å². The van der Waals surface area contributed by atoms with E-state index >= 15 is 0 Å². The van der Waals surface area contributed by atoms with E-state index in [0.29, 0.717) is 16.7 Å². The number of carbonyl (C=O) groups excluding carboxylic acids is 1. The zero-order valence-corrected chi connectivity index (χ0v) is 17.2. The van der Waals surface area contributed by atoms with Crippen molar-refractivity contribution < 1.29 is 24.7 Å². The number of nitrogens with zero attached hydrogens (tertiary/aromatic N) is 4. The Morgan fingerprint density at radius 1 is 1.43 bits per heavy atom. The number of nitrogens with one attached hydrogen (secondary N) is 1. The Hall–Kier alpha value is -3.31. The Balaban J connectivity index is 2.48. The topological polar surface area (TPSA) is 153 Å². The molecule has 0 radical (unpaired) electrons. The lowest BCUT2D eigenvalue weighted by molar-refractivity contribution is -0.384. The van der Waals surface area contributed by atoms with Crippen molar-refractivity contribution in [2.75, 3.05) is 0 Å². The number of alkyl carbamates (subject to hydrolysis) is 1. The Bertz CT molecular complexity index is 942. The monoisotopic (exact) mass is 419 g/mol. The van der Waals surface area contributed by atoms with Gasteiger partial charge in [-0.25, -0.2) is 9.48 Å². The lowest BCUT2D eigenvalue weighted by Crippen LogP contribution is -2.35. The van der Waals surface area contributed by atoms with Crippen LogP contribution in [0.2, 0.25) is 0 Å². The highest BCUT2D eigenvalue weighted by molar-refractivity contribution is 5.69. The number of pyridine rings is 1. The first kappa shape index (κ1) is 23.0. The van der Waals surface area contributed by atoms with Gasteiger partial charge >= 0.3 is 11.8 Å². The van der Waals surface area contributed by atoms with Gasteiger partial charge in [-0.1, -0.05) is 6.08 Å². The summed E-state index contributed by atoms with van der Waals surface area (Å²) in [7, 11) is 0. The summed E-state index contributed by atoms with van der Waals surface area (Å²) in [6, 6.07) is 2.57. The van der Waals surface area contributed by atoms with Crippen LogP contribution in [0, 0.1) is 10.1 Å². The number of ether oxygens (including phenoxy) is 1. The van der Waals surface area contributed by atoms with Crippen LogP contribution in [0.15, 0.2) is 37.2 Å². The van der Waals surface area contributed by atoms with Gasteiger partial charge in [0.25, 0.3) is 5.91 Å². The maximum absolute atomic E-state index is 12.2. The van der Waals surface area contributed by atoms with Gasteiger partial charge < -0.3 is 20.3 Å². The van der Waals surface area contributed by atoms with E-state index in [1.165, 1.54) is 12.3 Å². The number of aliphatic hydroxyl groups is 2. The van der Waals surface area contributed by atoms with Gasteiger partial charge in [0.2, 0.25) is 0 Å². The number of carbonyl (C=O) groups is 1. The molecule has 0 aliphatic rings. The third kappa shape index (κ3) is 5.61. The van der Waals surface area contributed by atoms with Gasteiger partial charge in [0, 0.05) is 13.1 Å². The van der Waals surface area contributed by atoms with Crippen LogP contribution in [0.25, 0.3) is 11.4 Å². The van der Waals surface area contributed by atoms with Crippen LogP contribution in [0.4, 0.5) is 10.5 Å². The van der Waals surface area contributed by atoms with Crippen LogP contribution in [0.5, 0.6) is 0 Å². The van der Waals surface area contributed by atoms with Crippen LogP contribution in [-0.2, 0) is 10.6 Å². The highest BCUT2D eigenvalue weighted by Gasteiger charge is 2.32. The van der Waals surface area contributed by atoms with Crippen molar-refractivity contribution in [3.8, 4) is 11.4 Å². The minimum atomic E-state index is -2.49. The van der Waals surface area contributed by atoms with Crippen LogP contribution in [0.3, 0.4) is 0 Å². The highest BCUT2D eigenvalue weighted by atomic mass is 16.6. The number of hydrogen-bond donors (Lipinski definition) is 3. The minimum Gasteiger partial charge on any atom is -0.444 e. The maximum Gasteiger partial charge on any atom is 0.408 e. The number of nitro groups is 1. The number of amides is 1. The summed E-state index contributed by atoms with van der Waals surface area (Å²) in [5, 5.41) is 37.7.